The molecule has 0 aliphatic heterocycles. The molecule has 56 valence electrons. The average molecular weight is 147 g/mol. The molecule has 1 amide bonds. The molecule has 0 unspecified atom stereocenters. The zero-order valence-corrected chi connectivity index (χ0v) is 4.86. The second-order valence-electron chi connectivity index (χ2n) is 1.28. The molecule has 6 heteroatoms. The molecule has 10 heavy (non-hydrogen) atoms. The fourth-order valence-corrected chi connectivity index (χ4v) is 0.249. The highest BCUT2D eigenvalue weighted by Gasteiger charge is 2.07. The van der Waals surface area contributed by atoms with Gasteiger partial charge >= 0.3 is 11.9 Å². The van der Waals surface area contributed by atoms with Gasteiger partial charge in [-0.25, -0.2) is 4.79 Å². The molecule has 0 heterocycles. The Kier molecular flexibility index (Phi) is 3.62. The Hall–Kier alpha value is -1.59. The SMILES string of the molecule is O=CNOC(=O)CC(=O)O. The number of rotatable bonds is 4. The van der Waals surface area contributed by atoms with Crippen molar-refractivity contribution in [2.45, 2.75) is 6.42 Å². The van der Waals surface area contributed by atoms with Crippen molar-refractivity contribution in [3.63, 3.8) is 0 Å². The molecule has 0 aliphatic rings. The second kappa shape index (κ2) is 4.30. The van der Waals surface area contributed by atoms with Crippen LogP contribution in [0.4, 0.5) is 0 Å². The number of carboxylic acids is 1. The third-order valence-corrected chi connectivity index (χ3v) is 0.516. The van der Waals surface area contributed by atoms with Crippen LogP contribution in [0.2, 0.25) is 0 Å². The molecule has 2 N–H and O–H groups in total. The summed E-state index contributed by atoms with van der Waals surface area (Å²) in [5, 5.41) is 7.97. The molecule has 0 aromatic rings. The Bertz CT molecular complexity index is 154. The highest BCUT2D eigenvalue weighted by Crippen LogP contribution is 1.81. The van der Waals surface area contributed by atoms with E-state index in [0.717, 1.165) is 0 Å². The number of aliphatic carboxylic acids is 1. The first-order valence-corrected chi connectivity index (χ1v) is 2.27. The minimum atomic E-state index is -1.31. The van der Waals surface area contributed by atoms with Gasteiger partial charge < -0.3 is 9.94 Å². The van der Waals surface area contributed by atoms with Crippen LogP contribution in [0, 0.1) is 0 Å². The lowest BCUT2D eigenvalue weighted by atomic mass is 10.5. The first-order chi connectivity index (χ1) is 4.66. The highest BCUT2D eigenvalue weighted by atomic mass is 16.7. The largest absolute Gasteiger partial charge is 0.481 e. The first kappa shape index (κ1) is 8.41. The fraction of sp³-hybridized carbons (Fsp3) is 0.250. The quantitative estimate of drug-likeness (QED) is 0.292. The van der Waals surface area contributed by atoms with Gasteiger partial charge in [0.05, 0.1) is 0 Å². The van der Waals surface area contributed by atoms with E-state index in [4.69, 9.17) is 5.11 Å². The van der Waals surface area contributed by atoms with E-state index >= 15 is 0 Å². The van der Waals surface area contributed by atoms with Gasteiger partial charge in [0, 0.05) is 0 Å². The average Bonchev–Trinajstić information content (AvgIpc) is 1.82. The molecule has 0 atom stereocenters. The maximum absolute atomic E-state index is 10.2. The van der Waals surface area contributed by atoms with Crippen LogP contribution in [0.25, 0.3) is 0 Å². The van der Waals surface area contributed by atoms with Crippen molar-refractivity contribution in [3.05, 3.63) is 0 Å². The number of carbonyl (C=O) groups is 3. The van der Waals surface area contributed by atoms with E-state index < -0.39 is 18.4 Å². The van der Waals surface area contributed by atoms with Crippen LogP contribution in [0.5, 0.6) is 0 Å². The van der Waals surface area contributed by atoms with Gasteiger partial charge in [-0.1, -0.05) is 0 Å². The lowest BCUT2D eigenvalue weighted by molar-refractivity contribution is -0.159. The Labute approximate surface area is 55.7 Å². The molecule has 0 fully saturated rings. The number of hydroxylamine groups is 1. The first-order valence-electron chi connectivity index (χ1n) is 2.27. The van der Waals surface area contributed by atoms with Crippen LogP contribution in [0.15, 0.2) is 0 Å². The standard InChI is InChI=1S/C4H5NO5/c6-2-5-10-4(9)1-3(7)8/h2H,1H2,(H,5,6)(H,7,8). The van der Waals surface area contributed by atoms with Gasteiger partial charge in [-0.2, -0.15) is 5.48 Å². The Morgan fingerprint density at radius 3 is 2.60 bits per heavy atom. The van der Waals surface area contributed by atoms with Crippen molar-refractivity contribution in [2.75, 3.05) is 0 Å². The summed E-state index contributed by atoms with van der Waals surface area (Å²) in [5.41, 5.74) is 1.56. The van der Waals surface area contributed by atoms with Crippen molar-refractivity contribution < 1.29 is 24.3 Å². The summed E-state index contributed by atoms with van der Waals surface area (Å²) >= 11 is 0. The molecule has 0 aliphatic carbocycles. The van der Waals surface area contributed by atoms with Crippen LogP contribution in [-0.2, 0) is 19.2 Å². The third kappa shape index (κ3) is 4.57. The third-order valence-electron chi connectivity index (χ3n) is 0.516. The Morgan fingerprint density at radius 2 is 2.20 bits per heavy atom. The summed E-state index contributed by atoms with van der Waals surface area (Å²) in [4.78, 5) is 33.3. The van der Waals surface area contributed by atoms with Gasteiger partial charge in [0.2, 0.25) is 6.41 Å². The predicted octanol–water partition coefficient (Wildman–Crippen LogP) is -1.33. The van der Waals surface area contributed by atoms with Crippen molar-refractivity contribution in [1.29, 1.82) is 0 Å². The van der Waals surface area contributed by atoms with Gasteiger partial charge in [-0.3, -0.25) is 9.59 Å². The maximum atomic E-state index is 10.2. The van der Waals surface area contributed by atoms with E-state index in [9.17, 15) is 14.4 Å². The van der Waals surface area contributed by atoms with Crippen LogP contribution in [-0.4, -0.2) is 23.5 Å². The fourth-order valence-electron chi connectivity index (χ4n) is 0.249. The smallest absolute Gasteiger partial charge is 0.343 e. The maximum Gasteiger partial charge on any atom is 0.343 e. The number of hydrogen-bond donors (Lipinski definition) is 2. The van der Waals surface area contributed by atoms with E-state index in [2.05, 4.69) is 4.84 Å². The predicted molar refractivity (Wildman–Crippen MR) is 27.5 cm³/mol. The summed E-state index contributed by atoms with van der Waals surface area (Å²) in [7, 11) is 0. The number of amides is 1. The zero-order valence-electron chi connectivity index (χ0n) is 4.86. The van der Waals surface area contributed by atoms with Gasteiger partial charge in [-0.15, -0.1) is 0 Å². The van der Waals surface area contributed by atoms with Crippen molar-refractivity contribution in [1.82, 2.24) is 5.48 Å². The summed E-state index contributed by atoms with van der Waals surface area (Å²) < 4.78 is 0. The zero-order chi connectivity index (χ0) is 7.98. The molecule has 0 saturated heterocycles. The minimum absolute atomic E-state index is 0.125. The lowest BCUT2D eigenvalue weighted by Crippen LogP contribution is -2.20. The number of nitrogens with one attached hydrogen (secondary N) is 1. The number of carbonyl (C=O) groups excluding carboxylic acids is 2. The molecule has 6 nitrogen and oxygen atoms in total. The van der Waals surface area contributed by atoms with Gasteiger partial charge in [0.1, 0.15) is 6.42 Å². The summed E-state index contributed by atoms with van der Waals surface area (Å²) in [6.07, 6.45) is -0.638. The van der Waals surface area contributed by atoms with Crippen LogP contribution < -0.4 is 5.48 Å². The highest BCUT2D eigenvalue weighted by molar-refractivity contribution is 5.90. The van der Waals surface area contributed by atoms with Crippen molar-refractivity contribution >= 4 is 18.3 Å². The van der Waals surface area contributed by atoms with Crippen molar-refractivity contribution in [3.8, 4) is 0 Å². The normalized spacial score (nSPS) is 8.00. The molecular weight excluding hydrogens is 142 g/mol. The van der Waals surface area contributed by atoms with Crippen LogP contribution in [0.1, 0.15) is 6.42 Å². The van der Waals surface area contributed by atoms with Gasteiger partial charge in [0.15, 0.2) is 0 Å². The molecule has 0 aromatic carbocycles. The summed E-state index contributed by atoms with van der Waals surface area (Å²) in [6, 6.07) is 0. The second-order valence-corrected chi connectivity index (χ2v) is 1.28. The van der Waals surface area contributed by atoms with Gasteiger partial charge in [-0.05, 0) is 0 Å². The lowest BCUT2D eigenvalue weighted by Gasteiger charge is -1.95. The topological polar surface area (TPSA) is 92.7 Å². The molecule has 0 bridgehead atoms. The van der Waals surface area contributed by atoms with Gasteiger partial charge in [0.25, 0.3) is 0 Å². The minimum Gasteiger partial charge on any atom is -0.481 e. The molecule has 0 rings (SSSR count). The molecular formula is C4H5NO5. The van der Waals surface area contributed by atoms with Crippen LogP contribution in [0.3, 0.4) is 0 Å². The van der Waals surface area contributed by atoms with E-state index in [1.54, 1.807) is 5.48 Å². The number of carboxylic acid groups (broad SMARTS) is 1. The Balaban J connectivity index is 3.43. The monoisotopic (exact) mass is 147 g/mol. The molecule has 0 saturated carbocycles. The Morgan fingerprint density at radius 1 is 1.60 bits per heavy atom. The van der Waals surface area contributed by atoms with E-state index in [1.807, 2.05) is 0 Å². The van der Waals surface area contributed by atoms with E-state index in [-0.39, 0.29) is 6.41 Å². The van der Waals surface area contributed by atoms with Crippen molar-refractivity contribution in [2.24, 2.45) is 0 Å². The van der Waals surface area contributed by atoms with E-state index in [1.165, 1.54) is 0 Å². The molecule has 0 radical (unpaired) electrons. The van der Waals surface area contributed by atoms with Crippen LogP contribution >= 0.6 is 0 Å². The van der Waals surface area contributed by atoms with E-state index in [0.29, 0.717) is 0 Å². The molecule has 0 aromatic heterocycles. The number of hydrogen-bond acceptors (Lipinski definition) is 4. The molecule has 0 spiro atoms. The summed E-state index contributed by atoms with van der Waals surface area (Å²) in [5.74, 6) is -2.32. The summed E-state index contributed by atoms with van der Waals surface area (Å²) in [6.45, 7) is 0.